The Bertz CT molecular complexity index is 442. The normalized spacial score (nSPS) is 16.1. The molecule has 0 radical (unpaired) electrons. The summed E-state index contributed by atoms with van der Waals surface area (Å²) in [6.07, 6.45) is 3.38. The number of carbonyl (C=O) groups is 1. The highest BCUT2D eigenvalue weighted by Gasteiger charge is 2.20. The minimum atomic E-state index is 0. The van der Waals surface area contributed by atoms with Gasteiger partial charge >= 0.3 is 0 Å². The van der Waals surface area contributed by atoms with E-state index in [1.165, 1.54) is 18.4 Å². The molecule has 0 aromatic heterocycles. The summed E-state index contributed by atoms with van der Waals surface area (Å²) in [6.45, 7) is 5.76. The van der Waals surface area contributed by atoms with Crippen molar-refractivity contribution in [3.05, 3.63) is 29.8 Å². The third-order valence-corrected chi connectivity index (χ3v) is 4.21. The predicted octanol–water partition coefficient (Wildman–Crippen LogP) is 2.54. The van der Waals surface area contributed by atoms with Crippen LogP contribution in [0.4, 0.5) is 5.69 Å². The van der Waals surface area contributed by atoms with Gasteiger partial charge in [0.1, 0.15) is 0 Å². The second kappa shape index (κ2) is 9.82. The molecule has 0 aliphatic carbocycles. The standard InChI is InChI=1S/C17H27N3O.ClH/c1-3-14-4-6-16(7-5-14)19-17(21)13-20-10-8-15(9-11-20)12-18-2;/h4-7,15,18H,3,8-13H2,1-2H3,(H,19,21);1H. The molecule has 0 saturated carbocycles. The number of amides is 1. The molecule has 1 heterocycles. The first-order valence-electron chi connectivity index (χ1n) is 7.97. The average molecular weight is 326 g/mol. The van der Waals surface area contributed by atoms with Crippen LogP contribution in [0.5, 0.6) is 0 Å². The lowest BCUT2D eigenvalue weighted by molar-refractivity contribution is -0.117. The summed E-state index contributed by atoms with van der Waals surface area (Å²) in [7, 11) is 2.00. The molecule has 2 rings (SSSR count). The molecule has 0 spiro atoms. The van der Waals surface area contributed by atoms with E-state index in [2.05, 4.69) is 34.6 Å². The number of anilines is 1. The van der Waals surface area contributed by atoms with Crippen molar-refractivity contribution in [3.63, 3.8) is 0 Å². The Hall–Kier alpha value is -1.10. The predicted molar refractivity (Wildman–Crippen MR) is 94.8 cm³/mol. The van der Waals surface area contributed by atoms with Crippen LogP contribution in [0.2, 0.25) is 0 Å². The Balaban J connectivity index is 0.00000242. The monoisotopic (exact) mass is 325 g/mol. The first-order chi connectivity index (χ1) is 10.2. The Morgan fingerprint density at radius 1 is 1.23 bits per heavy atom. The largest absolute Gasteiger partial charge is 0.325 e. The van der Waals surface area contributed by atoms with Crippen molar-refractivity contribution in [1.82, 2.24) is 10.2 Å². The van der Waals surface area contributed by atoms with Crippen molar-refractivity contribution in [2.24, 2.45) is 5.92 Å². The lowest BCUT2D eigenvalue weighted by Crippen LogP contribution is -2.40. The molecular weight excluding hydrogens is 298 g/mol. The van der Waals surface area contributed by atoms with Gasteiger partial charge in [-0.1, -0.05) is 19.1 Å². The number of hydrogen-bond acceptors (Lipinski definition) is 3. The van der Waals surface area contributed by atoms with Gasteiger partial charge in [0.15, 0.2) is 0 Å². The van der Waals surface area contributed by atoms with Gasteiger partial charge in [-0.05, 0) is 69.6 Å². The Morgan fingerprint density at radius 2 is 1.86 bits per heavy atom. The molecule has 1 aliphatic rings. The van der Waals surface area contributed by atoms with Gasteiger partial charge in [0.2, 0.25) is 5.91 Å². The zero-order chi connectivity index (χ0) is 15.1. The molecule has 1 aliphatic heterocycles. The number of rotatable bonds is 6. The van der Waals surface area contributed by atoms with Crippen molar-refractivity contribution < 1.29 is 4.79 Å². The van der Waals surface area contributed by atoms with Gasteiger partial charge in [0.05, 0.1) is 6.54 Å². The van der Waals surface area contributed by atoms with Crippen molar-refractivity contribution in [1.29, 1.82) is 0 Å². The maximum Gasteiger partial charge on any atom is 0.238 e. The fourth-order valence-corrected chi connectivity index (χ4v) is 2.86. The molecule has 22 heavy (non-hydrogen) atoms. The number of carbonyl (C=O) groups excluding carboxylic acids is 1. The van der Waals surface area contributed by atoms with Crippen LogP contribution < -0.4 is 10.6 Å². The van der Waals surface area contributed by atoms with Crippen LogP contribution >= 0.6 is 12.4 Å². The van der Waals surface area contributed by atoms with Crippen molar-refractivity contribution >= 4 is 24.0 Å². The van der Waals surface area contributed by atoms with Crippen LogP contribution in [-0.2, 0) is 11.2 Å². The third-order valence-electron chi connectivity index (χ3n) is 4.21. The molecule has 1 fully saturated rings. The summed E-state index contributed by atoms with van der Waals surface area (Å²) in [5.74, 6) is 0.849. The first-order valence-corrected chi connectivity index (χ1v) is 7.97. The van der Waals surface area contributed by atoms with Gasteiger partial charge in [-0.15, -0.1) is 12.4 Å². The van der Waals surface area contributed by atoms with E-state index < -0.39 is 0 Å². The lowest BCUT2D eigenvalue weighted by atomic mass is 9.97. The molecule has 5 heteroatoms. The highest BCUT2D eigenvalue weighted by molar-refractivity contribution is 5.92. The number of piperidine rings is 1. The Morgan fingerprint density at radius 3 is 2.41 bits per heavy atom. The van der Waals surface area contributed by atoms with Crippen LogP contribution in [0.15, 0.2) is 24.3 Å². The van der Waals surface area contributed by atoms with Gasteiger partial charge in [-0.25, -0.2) is 0 Å². The smallest absolute Gasteiger partial charge is 0.238 e. The van der Waals surface area contributed by atoms with E-state index in [4.69, 9.17) is 0 Å². The summed E-state index contributed by atoms with van der Waals surface area (Å²) < 4.78 is 0. The van der Waals surface area contributed by atoms with Gasteiger partial charge in [-0.3, -0.25) is 9.69 Å². The summed E-state index contributed by atoms with van der Waals surface area (Å²) in [5, 5.41) is 6.22. The molecule has 0 atom stereocenters. The van der Waals surface area contributed by atoms with Crippen LogP contribution in [0, 0.1) is 5.92 Å². The van der Waals surface area contributed by atoms with E-state index in [0.29, 0.717) is 6.54 Å². The van der Waals surface area contributed by atoms with Gasteiger partial charge in [0, 0.05) is 5.69 Å². The highest BCUT2D eigenvalue weighted by atomic mass is 35.5. The van der Waals surface area contributed by atoms with Gasteiger partial charge in [0.25, 0.3) is 0 Å². The summed E-state index contributed by atoms with van der Waals surface area (Å²) >= 11 is 0. The first kappa shape index (κ1) is 18.9. The SMILES string of the molecule is CCc1ccc(NC(=O)CN2CCC(CNC)CC2)cc1.Cl. The zero-order valence-electron chi connectivity index (χ0n) is 13.6. The fraction of sp³-hybridized carbons (Fsp3) is 0.588. The Labute approximate surface area is 140 Å². The number of aryl methyl sites for hydroxylation is 1. The van der Waals surface area contributed by atoms with E-state index >= 15 is 0 Å². The summed E-state index contributed by atoms with van der Waals surface area (Å²) in [4.78, 5) is 14.3. The molecule has 1 aromatic carbocycles. The van der Waals surface area contributed by atoms with Crippen LogP contribution in [0.25, 0.3) is 0 Å². The van der Waals surface area contributed by atoms with Crippen LogP contribution in [-0.4, -0.2) is 44.0 Å². The molecule has 0 unspecified atom stereocenters. The van der Waals surface area contributed by atoms with Crippen molar-refractivity contribution in [2.45, 2.75) is 26.2 Å². The fourth-order valence-electron chi connectivity index (χ4n) is 2.86. The van der Waals surface area contributed by atoms with E-state index in [1.54, 1.807) is 0 Å². The van der Waals surface area contributed by atoms with E-state index in [9.17, 15) is 4.79 Å². The van der Waals surface area contributed by atoms with Gasteiger partial charge < -0.3 is 10.6 Å². The molecule has 1 aromatic rings. The van der Waals surface area contributed by atoms with Crippen molar-refractivity contribution in [2.75, 3.05) is 38.5 Å². The number of hydrogen-bond donors (Lipinski definition) is 2. The molecule has 124 valence electrons. The minimum absolute atomic E-state index is 0. The molecule has 1 saturated heterocycles. The highest BCUT2D eigenvalue weighted by Crippen LogP contribution is 2.16. The molecule has 0 bridgehead atoms. The van der Waals surface area contributed by atoms with Gasteiger partial charge in [-0.2, -0.15) is 0 Å². The topological polar surface area (TPSA) is 44.4 Å². The Kier molecular flexibility index (Phi) is 8.46. The molecular formula is C17H28ClN3O. The zero-order valence-corrected chi connectivity index (χ0v) is 14.4. The molecule has 4 nitrogen and oxygen atoms in total. The minimum Gasteiger partial charge on any atom is -0.325 e. The molecule has 1 amide bonds. The molecule has 2 N–H and O–H groups in total. The van der Waals surface area contributed by atoms with E-state index in [0.717, 1.165) is 37.7 Å². The number of halogens is 1. The summed E-state index contributed by atoms with van der Waals surface area (Å²) in [5.41, 5.74) is 2.18. The number of nitrogens with one attached hydrogen (secondary N) is 2. The number of benzene rings is 1. The second-order valence-electron chi connectivity index (χ2n) is 5.88. The van der Waals surface area contributed by atoms with E-state index in [1.807, 2.05) is 19.2 Å². The van der Waals surface area contributed by atoms with Crippen LogP contribution in [0.1, 0.15) is 25.3 Å². The van der Waals surface area contributed by atoms with Crippen LogP contribution in [0.3, 0.4) is 0 Å². The third kappa shape index (κ3) is 5.95. The lowest BCUT2D eigenvalue weighted by Gasteiger charge is -2.31. The number of likely N-dealkylation sites (tertiary alicyclic amines) is 1. The maximum absolute atomic E-state index is 12.1. The van der Waals surface area contributed by atoms with E-state index in [-0.39, 0.29) is 18.3 Å². The number of nitrogens with zero attached hydrogens (tertiary/aromatic N) is 1. The average Bonchev–Trinajstić information content (AvgIpc) is 2.50. The quantitative estimate of drug-likeness (QED) is 0.845. The van der Waals surface area contributed by atoms with Crippen molar-refractivity contribution in [3.8, 4) is 0 Å². The maximum atomic E-state index is 12.1. The second-order valence-corrected chi connectivity index (χ2v) is 5.88. The summed E-state index contributed by atoms with van der Waals surface area (Å²) in [6, 6.07) is 8.10.